The van der Waals surface area contributed by atoms with Crippen LogP contribution in [0.5, 0.6) is 0 Å². The molecule has 1 N–H and O–H groups in total. The number of fused-ring (bicyclic) bond motifs is 1. The number of hydrogen-bond acceptors (Lipinski definition) is 1. The van der Waals surface area contributed by atoms with Crippen molar-refractivity contribution < 1.29 is 9.90 Å². The molecular formula is C13H16O2. The fourth-order valence-corrected chi connectivity index (χ4v) is 2.24. The molecule has 0 bridgehead atoms. The van der Waals surface area contributed by atoms with E-state index in [4.69, 9.17) is 5.11 Å². The third kappa shape index (κ3) is 2.04. The molecule has 0 radical (unpaired) electrons. The van der Waals surface area contributed by atoms with E-state index in [-0.39, 0.29) is 5.92 Å². The monoisotopic (exact) mass is 204 g/mol. The van der Waals surface area contributed by atoms with Gasteiger partial charge in [0.15, 0.2) is 0 Å². The van der Waals surface area contributed by atoms with Gasteiger partial charge < -0.3 is 5.11 Å². The molecule has 0 saturated carbocycles. The third-order valence-corrected chi connectivity index (χ3v) is 3.26. The van der Waals surface area contributed by atoms with E-state index in [1.807, 2.05) is 0 Å². The van der Waals surface area contributed by atoms with Gasteiger partial charge in [0.2, 0.25) is 0 Å². The van der Waals surface area contributed by atoms with Crippen molar-refractivity contribution in [1.29, 1.82) is 0 Å². The highest BCUT2D eigenvalue weighted by atomic mass is 16.4. The Kier molecular flexibility index (Phi) is 2.76. The maximum atomic E-state index is 10.9. The van der Waals surface area contributed by atoms with E-state index in [9.17, 15) is 4.79 Å². The highest BCUT2D eigenvalue weighted by Gasteiger charge is 2.23. The van der Waals surface area contributed by atoms with Gasteiger partial charge in [0, 0.05) is 0 Å². The van der Waals surface area contributed by atoms with E-state index in [2.05, 4.69) is 25.1 Å². The Morgan fingerprint density at radius 3 is 2.93 bits per heavy atom. The van der Waals surface area contributed by atoms with Crippen LogP contribution in [0, 0.1) is 5.92 Å². The first-order chi connectivity index (χ1) is 7.20. The van der Waals surface area contributed by atoms with Crippen molar-refractivity contribution in [3.05, 3.63) is 34.9 Å². The summed E-state index contributed by atoms with van der Waals surface area (Å²) in [6, 6.07) is 6.44. The minimum absolute atomic E-state index is 0.176. The number of benzene rings is 1. The van der Waals surface area contributed by atoms with Crippen LogP contribution in [0.3, 0.4) is 0 Å². The van der Waals surface area contributed by atoms with Crippen molar-refractivity contribution in [2.45, 2.75) is 32.6 Å². The number of carbonyl (C=O) groups is 1. The SMILES string of the molecule is CCc1ccc2c(c1)CCC(C(=O)O)C2. The van der Waals surface area contributed by atoms with Crippen molar-refractivity contribution >= 4 is 5.97 Å². The molecule has 2 nitrogen and oxygen atoms in total. The molecule has 0 amide bonds. The van der Waals surface area contributed by atoms with Crippen LogP contribution < -0.4 is 0 Å². The normalized spacial score (nSPS) is 19.7. The van der Waals surface area contributed by atoms with Crippen LogP contribution in [0.4, 0.5) is 0 Å². The van der Waals surface area contributed by atoms with Gasteiger partial charge in [-0.15, -0.1) is 0 Å². The van der Waals surface area contributed by atoms with Gasteiger partial charge in [-0.2, -0.15) is 0 Å². The lowest BCUT2D eigenvalue weighted by Gasteiger charge is -2.21. The average molecular weight is 204 g/mol. The first-order valence-corrected chi connectivity index (χ1v) is 5.54. The summed E-state index contributed by atoms with van der Waals surface area (Å²) in [7, 11) is 0. The lowest BCUT2D eigenvalue weighted by molar-refractivity contribution is -0.142. The molecule has 80 valence electrons. The van der Waals surface area contributed by atoms with Crippen LogP contribution in [0.1, 0.15) is 30.0 Å². The van der Waals surface area contributed by atoms with Gasteiger partial charge in [-0.05, 0) is 42.4 Å². The molecule has 15 heavy (non-hydrogen) atoms. The molecular weight excluding hydrogens is 188 g/mol. The van der Waals surface area contributed by atoms with Crippen molar-refractivity contribution in [3.63, 3.8) is 0 Å². The predicted molar refractivity (Wildman–Crippen MR) is 59.0 cm³/mol. The number of aliphatic carboxylic acids is 1. The number of aryl methyl sites for hydroxylation is 2. The lowest BCUT2D eigenvalue weighted by atomic mass is 9.83. The molecule has 2 heteroatoms. The van der Waals surface area contributed by atoms with Crippen molar-refractivity contribution in [1.82, 2.24) is 0 Å². The van der Waals surface area contributed by atoms with E-state index < -0.39 is 5.97 Å². The Balaban J connectivity index is 2.24. The summed E-state index contributed by atoms with van der Waals surface area (Å²) in [5, 5.41) is 8.96. The second-order valence-corrected chi connectivity index (χ2v) is 4.23. The molecule has 1 aliphatic carbocycles. The van der Waals surface area contributed by atoms with Crippen LogP contribution >= 0.6 is 0 Å². The standard InChI is InChI=1S/C13H16O2/c1-2-9-3-4-11-8-12(13(14)15)6-5-10(11)7-9/h3-4,7,12H,2,5-6,8H2,1H3,(H,14,15). The molecule has 0 spiro atoms. The van der Waals surface area contributed by atoms with Crippen LogP contribution in [0.15, 0.2) is 18.2 Å². The Morgan fingerprint density at radius 1 is 1.47 bits per heavy atom. The predicted octanol–water partition coefficient (Wildman–Crippen LogP) is 2.44. The first-order valence-electron chi connectivity index (χ1n) is 5.54. The Labute approximate surface area is 89.9 Å². The summed E-state index contributed by atoms with van der Waals surface area (Å²) in [6.45, 7) is 2.14. The zero-order valence-corrected chi connectivity index (χ0v) is 8.99. The Hall–Kier alpha value is -1.31. The molecule has 1 unspecified atom stereocenters. The summed E-state index contributed by atoms with van der Waals surface area (Å²) in [6.07, 6.45) is 3.46. The summed E-state index contributed by atoms with van der Waals surface area (Å²) in [5.41, 5.74) is 3.93. The quantitative estimate of drug-likeness (QED) is 0.803. The maximum absolute atomic E-state index is 10.9. The molecule has 0 saturated heterocycles. The first kappa shape index (κ1) is 10.2. The fourth-order valence-electron chi connectivity index (χ4n) is 2.24. The molecule has 0 fully saturated rings. The third-order valence-electron chi connectivity index (χ3n) is 3.26. The van der Waals surface area contributed by atoms with Gasteiger partial charge in [0.25, 0.3) is 0 Å². The lowest BCUT2D eigenvalue weighted by Crippen LogP contribution is -2.22. The van der Waals surface area contributed by atoms with Crippen LogP contribution in [-0.4, -0.2) is 11.1 Å². The molecule has 0 aromatic heterocycles. The highest BCUT2D eigenvalue weighted by molar-refractivity contribution is 5.71. The van der Waals surface area contributed by atoms with Gasteiger partial charge in [0.1, 0.15) is 0 Å². The van der Waals surface area contributed by atoms with Crippen LogP contribution in [0.2, 0.25) is 0 Å². The van der Waals surface area contributed by atoms with Gasteiger partial charge >= 0.3 is 5.97 Å². The molecule has 1 atom stereocenters. The van der Waals surface area contributed by atoms with Gasteiger partial charge in [0.05, 0.1) is 5.92 Å². The van der Waals surface area contributed by atoms with E-state index in [1.54, 1.807) is 0 Å². The number of carboxylic acids is 1. The molecule has 1 aliphatic rings. The van der Waals surface area contributed by atoms with Crippen LogP contribution in [-0.2, 0) is 24.1 Å². The summed E-state index contributed by atoms with van der Waals surface area (Å²) >= 11 is 0. The molecule has 0 heterocycles. The van der Waals surface area contributed by atoms with E-state index in [0.717, 1.165) is 19.3 Å². The second kappa shape index (κ2) is 4.05. The molecule has 2 rings (SSSR count). The zero-order chi connectivity index (χ0) is 10.8. The van der Waals surface area contributed by atoms with Gasteiger partial charge in [-0.25, -0.2) is 0 Å². The molecule has 0 aliphatic heterocycles. The number of carboxylic acid groups (broad SMARTS) is 1. The minimum atomic E-state index is -0.653. The van der Waals surface area contributed by atoms with E-state index in [0.29, 0.717) is 6.42 Å². The van der Waals surface area contributed by atoms with Gasteiger partial charge in [-0.3, -0.25) is 4.79 Å². The van der Waals surface area contributed by atoms with Crippen LogP contribution in [0.25, 0.3) is 0 Å². The fraction of sp³-hybridized carbons (Fsp3) is 0.462. The largest absolute Gasteiger partial charge is 0.481 e. The smallest absolute Gasteiger partial charge is 0.306 e. The highest BCUT2D eigenvalue weighted by Crippen LogP contribution is 2.26. The zero-order valence-electron chi connectivity index (χ0n) is 8.99. The second-order valence-electron chi connectivity index (χ2n) is 4.23. The Morgan fingerprint density at radius 2 is 2.27 bits per heavy atom. The van der Waals surface area contributed by atoms with E-state index >= 15 is 0 Å². The minimum Gasteiger partial charge on any atom is -0.481 e. The molecule has 1 aromatic rings. The topological polar surface area (TPSA) is 37.3 Å². The van der Waals surface area contributed by atoms with Crippen molar-refractivity contribution in [2.24, 2.45) is 5.92 Å². The summed E-state index contributed by atoms with van der Waals surface area (Å²) < 4.78 is 0. The average Bonchev–Trinajstić information content (AvgIpc) is 2.27. The van der Waals surface area contributed by atoms with E-state index in [1.165, 1.54) is 16.7 Å². The van der Waals surface area contributed by atoms with Gasteiger partial charge in [-0.1, -0.05) is 25.1 Å². The summed E-state index contributed by atoms with van der Waals surface area (Å²) in [4.78, 5) is 10.9. The van der Waals surface area contributed by atoms with Crippen molar-refractivity contribution in [3.8, 4) is 0 Å². The number of hydrogen-bond donors (Lipinski definition) is 1. The Bertz CT molecular complexity index is 382. The number of rotatable bonds is 2. The van der Waals surface area contributed by atoms with Crippen molar-refractivity contribution in [2.75, 3.05) is 0 Å². The maximum Gasteiger partial charge on any atom is 0.306 e. The summed E-state index contributed by atoms with van der Waals surface area (Å²) in [5.74, 6) is -0.829. The molecule has 1 aromatic carbocycles.